The molecule has 3 amide bonds. The molecule has 2 aromatic heterocycles. The number of aromatic nitrogens is 2. The minimum Gasteiger partial charge on any atom is -0.451 e. The number of nitrogens with one attached hydrogen (secondary N) is 2. The molecule has 0 spiro atoms. The molecule has 2 atom stereocenters. The molecule has 5 rings (SSSR count). The Kier molecular flexibility index (Phi) is 7.72. The van der Waals surface area contributed by atoms with E-state index in [-0.39, 0.29) is 30.0 Å². The lowest BCUT2D eigenvalue weighted by molar-refractivity contribution is -0.122. The summed E-state index contributed by atoms with van der Waals surface area (Å²) >= 11 is 0. The van der Waals surface area contributed by atoms with Crippen LogP contribution in [0, 0.1) is 5.82 Å². The van der Waals surface area contributed by atoms with Crippen molar-refractivity contribution in [1.29, 1.82) is 0 Å². The molecule has 2 unspecified atom stereocenters. The van der Waals surface area contributed by atoms with Gasteiger partial charge in [0, 0.05) is 36.6 Å². The topological polar surface area (TPSA) is 117 Å². The van der Waals surface area contributed by atoms with E-state index in [1.54, 1.807) is 42.6 Å². The molecule has 1 aliphatic heterocycles. The van der Waals surface area contributed by atoms with Crippen molar-refractivity contribution in [1.82, 2.24) is 20.6 Å². The molecule has 1 fully saturated rings. The quantitative estimate of drug-likeness (QED) is 0.341. The van der Waals surface area contributed by atoms with Crippen LogP contribution in [-0.4, -0.2) is 34.2 Å². The Morgan fingerprint density at radius 2 is 2.00 bits per heavy atom. The van der Waals surface area contributed by atoms with Crippen molar-refractivity contribution in [2.75, 3.05) is 11.4 Å². The highest BCUT2D eigenvalue weighted by molar-refractivity contribution is 6.09. The third kappa shape index (κ3) is 6.01. The summed E-state index contributed by atoms with van der Waals surface area (Å²) in [6.45, 7) is 0.228. The Morgan fingerprint density at radius 3 is 2.67 bits per heavy atom. The Bertz CT molecular complexity index is 1440. The fraction of sp³-hybridized carbons (Fsp3) is 0.207. The van der Waals surface area contributed by atoms with E-state index in [0.29, 0.717) is 30.5 Å². The molecule has 39 heavy (non-hydrogen) atoms. The zero-order chi connectivity index (χ0) is 27.2. The molecule has 0 bridgehead atoms. The maximum atomic E-state index is 13.7. The molecule has 0 aliphatic carbocycles. The van der Waals surface area contributed by atoms with Gasteiger partial charge in [-0.1, -0.05) is 30.3 Å². The van der Waals surface area contributed by atoms with E-state index < -0.39 is 17.9 Å². The minimum atomic E-state index is -1.09. The Morgan fingerprint density at radius 1 is 1.15 bits per heavy atom. The predicted molar refractivity (Wildman–Crippen MR) is 140 cm³/mol. The number of hydrogen-bond donors (Lipinski definition) is 2. The van der Waals surface area contributed by atoms with Crippen molar-refractivity contribution in [3.8, 4) is 0 Å². The van der Waals surface area contributed by atoms with Crippen LogP contribution < -0.4 is 15.5 Å². The van der Waals surface area contributed by atoms with Gasteiger partial charge < -0.3 is 15.1 Å². The van der Waals surface area contributed by atoms with E-state index in [1.807, 2.05) is 12.1 Å². The number of pyridine rings is 1. The van der Waals surface area contributed by atoms with Crippen LogP contribution >= 0.6 is 0 Å². The number of hydrogen-bond acceptors (Lipinski definition) is 6. The zero-order valence-corrected chi connectivity index (χ0v) is 20.9. The molecule has 10 heteroatoms. The number of carbonyl (C=O) groups is 3. The summed E-state index contributed by atoms with van der Waals surface area (Å²) in [5.74, 6) is -1.33. The van der Waals surface area contributed by atoms with Gasteiger partial charge in [0.15, 0.2) is 12.1 Å². The van der Waals surface area contributed by atoms with Crippen LogP contribution in [0.1, 0.15) is 52.1 Å². The highest BCUT2D eigenvalue weighted by atomic mass is 19.1. The summed E-state index contributed by atoms with van der Waals surface area (Å²) in [5, 5.41) is 5.82. The van der Waals surface area contributed by atoms with Crippen LogP contribution in [0.2, 0.25) is 0 Å². The summed E-state index contributed by atoms with van der Waals surface area (Å²) in [5.41, 5.74) is 2.60. The van der Waals surface area contributed by atoms with Crippen molar-refractivity contribution in [2.24, 2.45) is 0 Å². The maximum Gasteiger partial charge on any atom is 0.281 e. The zero-order valence-electron chi connectivity index (χ0n) is 20.9. The fourth-order valence-corrected chi connectivity index (χ4v) is 4.63. The van der Waals surface area contributed by atoms with Crippen LogP contribution in [0.15, 0.2) is 90.1 Å². The van der Waals surface area contributed by atoms with E-state index in [4.69, 9.17) is 4.42 Å². The lowest BCUT2D eigenvalue weighted by Gasteiger charge is -2.31. The molecule has 2 N–H and O–H groups in total. The van der Waals surface area contributed by atoms with Gasteiger partial charge in [-0.15, -0.1) is 0 Å². The Balaban J connectivity index is 1.46. The van der Waals surface area contributed by atoms with E-state index in [0.717, 1.165) is 17.5 Å². The predicted octanol–water partition coefficient (Wildman–Crippen LogP) is 3.91. The smallest absolute Gasteiger partial charge is 0.281 e. The summed E-state index contributed by atoms with van der Waals surface area (Å²) < 4.78 is 18.6. The Labute approximate surface area is 224 Å². The standard InChI is InChI=1S/C29H26FN5O4/c30-22-5-1-3-19(15-22)12-14-32-28(37)27(21-4-2-13-31-16-21)35(29(38)25-17-39-18-33-25)23-8-6-20(7-9-23)24-10-11-26(36)34-24/h1-9,13,15-18,24,27H,10-12,14H2,(H,32,37)(H,34,36). The van der Waals surface area contributed by atoms with E-state index in [2.05, 4.69) is 20.6 Å². The van der Waals surface area contributed by atoms with Crippen molar-refractivity contribution in [3.05, 3.63) is 114 Å². The van der Waals surface area contributed by atoms with Gasteiger partial charge in [-0.05, 0) is 54.3 Å². The van der Waals surface area contributed by atoms with Crippen molar-refractivity contribution < 1.29 is 23.2 Å². The Hall–Kier alpha value is -4.86. The second-order valence-corrected chi connectivity index (χ2v) is 9.16. The minimum absolute atomic E-state index is 0.00142. The lowest BCUT2D eigenvalue weighted by Crippen LogP contribution is -2.44. The van der Waals surface area contributed by atoms with Gasteiger partial charge in [0.25, 0.3) is 5.91 Å². The van der Waals surface area contributed by atoms with Crippen molar-refractivity contribution >= 4 is 23.4 Å². The largest absolute Gasteiger partial charge is 0.451 e. The maximum absolute atomic E-state index is 13.7. The number of carbonyl (C=O) groups excluding carboxylic acids is 3. The fourth-order valence-electron chi connectivity index (χ4n) is 4.63. The van der Waals surface area contributed by atoms with E-state index >= 15 is 0 Å². The van der Waals surface area contributed by atoms with Gasteiger partial charge in [-0.2, -0.15) is 0 Å². The van der Waals surface area contributed by atoms with Crippen LogP contribution in [0.3, 0.4) is 0 Å². The van der Waals surface area contributed by atoms with Gasteiger partial charge >= 0.3 is 0 Å². The molecule has 0 radical (unpaired) electrons. The summed E-state index contributed by atoms with van der Waals surface area (Å²) in [4.78, 5) is 48.7. The van der Waals surface area contributed by atoms with Crippen LogP contribution in [0.5, 0.6) is 0 Å². The van der Waals surface area contributed by atoms with Crippen LogP contribution in [0.25, 0.3) is 0 Å². The summed E-state index contributed by atoms with van der Waals surface area (Å²) in [6, 6.07) is 15.5. The first-order chi connectivity index (χ1) is 19.0. The molecular weight excluding hydrogens is 501 g/mol. The number of halogens is 1. The van der Waals surface area contributed by atoms with E-state index in [1.165, 1.54) is 29.5 Å². The van der Waals surface area contributed by atoms with Gasteiger partial charge in [0.1, 0.15) is 18.1 Å². The third-order valence-electron chi connectivity index (χ3n) is 6.55. The summed E-state index contributed by atoms with van der Waals surface area (Å²) in [6.07, 6.45) is 7.03. The number of benzene rings is 2. The monoisotopic (exact) mass is 527 g/mol. The average molecular weight is 528 g/mol. The van der Waals surface area contributed by atoms with Gasteiger partial charge in [0.2, 0.25) is 11.8 Å². The summed E-state index contributed by atoms with van der Waals surface area (Å²) in [7, 11) is 0. The average Bonchev–Trinajstić information content (AvgIpc) is 3.64. The van der Waals surface area contributed by atoms with Crippen LogP contribution in [0.4, 0.5) is 10.1 Å². The number of nitrogens with zero attached hydrogens (tertiary/aromatic N) is 3. The van der Waals surface area contributed by atoms with Crippen molar-refractivity contribution in [2.45, 2.75) is 31.3 Å². The molecule has 3 heterocycles. The highest BCUT2D eigenvalue weighted by Crippen LogP contribution is 2.32. The molecule has 198 valence electrons. The molecule has 0 saturated carbocycles. The number of oxazole rings is 1. The number of rotatable bonds is 9. The lowest BCUT2D eigenvalue weighted by atomic mass is 10.0. The van der Waals surface area contributed by atoms with Gasteiger partial charge in [0.05, 0.1) is 6.04 Å². The molecule has 4 aromatic rings. The second-order valence-electron chi connectivity index (χ2n) is 9.16. The normalized spacial score (nSPS) is 15.4. The SMILES string of the molecule is O=C1CCC(c2ccc(N(C(=O)c3cocn3)C(C(=O)NCCc3cccc(F)c3)c3cccnc3)cc2)N1. The van der Waals surface area contributed by atoms with Gasteiger partial charge in [-0.25, -0.2) is 9.37 Å². The molecule has 1 aliphatic rings. The van der Waals surface area contributed by atoms with Crippen LogP contribution in [-0.2, 0) is 16.0 Å². The van der Waals surface area contributed by atoms with Crippen molar-refractivity contribution in [3.63, 3.8) is 0 Å². The molecule has 1 saturated heterocycles. The first-order valence-electron chi connectivity index (χ1n) is 12.5. The third-order valence-corrected chi connectivity index (χ3v) is 6.55. The molecule has 9 nitrogen and oxygen atoms in total. The van der Waals surface area contributed by atoms with Gasteiger partial charge in [-0.3, -0.25) is 24.3 Å². The first kappa shape index (κ1) is 25.8. The number of anilines is 1. The second kappa shape index (κ2) is 11.7. The van der Waals surface area contributed by atoms with E-state index in [9.17, 15) is 18.8 Å². The molecule has 2 aromatic carbocycles. The molecular formula is C29H26FN5O4. The first-order valence-corrected chi connectivity index (χ1v) is 12.5. The highest BCUT2D eigenvalue weighted by Gasteiger charge is 2.35. The number of amides is 3.